The number of carbonyl (C=O) groups is 4. The highest BCUT2D eigenvalue weighted by atomic mass is 16.8. The SMILES string of the molecule is COC(=O)CCCCCCCCO[C@@H]1OC(CO)[C@H](O)C(OC2OC(CO)[C@@H](O)C(O[C@]3(C(=O)O)CC(O)[C@@H](NC(C)=O)C(C(O)C(O)CO)O3)C2O)C1NC(=O)c1ccc(O)c(OC)c1. The van der Waals surface area contributed by atoms with Gasteiger partial charge in [-0.2, -0.15) is 0 Å². The first-order chi connectivity index (χ1) is 31.4. The van der Waals surface area contributed by atoms with E-state index in [1.54, 1.807) is 0 Å². The van der Waals surface area contributed by atoms with E-state index in [1.807, 2.05) is 0 Å². The van der Waals surface area contributed by atoms with Crippen LogP contribution in [0, 0.1) is 0 Å². The van der Waals surface area contributed by atoms with Gasteiger partial charge in [-0.15, -0.1) is 0 Å². The average Bonchev–Trinajstić information content (AvgIpc) is 3.29. The molecule has 2 amide bonds. The van der Waals surface area contributed by atoms with Crippen molar-refractivity contribution in [3.8, 4) is 11.5 Å². The Morgan fingerprint density at radius 3 is 2.05 bits per heavy atom. The Morgan fingerprint density at radius 1 is 0.833 bits per heavy atom. The topological polar surface area (TPSA) is 389 Å². The molecule has 1 aromatic carbocycles. The molecule has 0 bridgehead atoms. The number of benzene rings is 1. The Bertz CT molecular complexity index is 1730. The number of hydrogen-bond acceptors (Lipinski definition) is 22. The maximum Gasteiger partial charge on any atom is 0.364 e. The summed E-state index contributed by atoms with van der Waals surface area (Å²) in [6.45, 7) is -1.89. The van der Waals surface area contributed by atoms with E-state index >= 15 is 0 Å². The number of amides is 2. The van der Waals surface area contributed by atoms with Crippen LogP contribution >= 0.6 is 0 Å². The van der Waals surface area contributed by atoms with Crippen molar-refractivity contribution in [2.24, 2.45) is 0 Å². The predicted molar refractivity (Wildman–Crippen MR) is 218 cm³/mol. The van der Waals surface area contributed by atoms with Crippen LogP contribution in [0.1, 0.15) is 68.6 Å². The number of carboxylic acid groups (broad SMARTS) is 1. The smallest absolute Gasteiger partial charge is 0.364 e. The van der Waals surface area contributed by atoms with Crippen molar-refractivity contribution in [2.75, 3.05) is 40.6 Å². The molecule has 4 rings (SSSR count). The third-order valence-corrected chi connectivity index (χ3v) is 11.5. The Labute approximate surface area is 379 Å². The van der Waals surface area contributed by atoms with Crippen molar-refractivity contribution in [2.45, 2.75) is 156 Å². The van der Waals surface area contributed by atoms with Gasteiger partial charge in [-0.05, 0) is 31.0 Å². The van der Waals surface area contributed by atoms with E-state index in [4.69, 9.17) is 33.2 Å². The molecule has 3 heterocycles. The zero-order valence-corrected chi connectivity index (χ0v) is 36.7. The second kappa shape index (κ2) is 25.5. The van der Waals surface area contributed by atoms with Crippen molar-refractivity contribution >= 4 is 23.8 Å². The second-order valence-corrected chi connectivity index (χ2v) is 16.2. The number of aliphatic carboxylic acids is 1. The van der Waals surface area contributed by atoms with Crippen LogP contribution in [0.2, 0.25) is 0 Å². The Morgan fingerprint density at radius 2 is 1.45 bits per heavy atom. The monoisotopic (exact) mass is 952 g/mol. The van der Waals surface area contributed by atoms with Gasteiger partial charge in [-0.1, -0.05) is 25.7 Å². The summed E-state index contributed by atoms with van der Waals surface area (Å²) in [5.41, 5.74) is -0.0664. The molecule has 16 atom stereocenters. The number of methoxy groups -OCH3 is 2. The molecule has 11 unspecified atom stereocenters. The fourth-order valence-electron chi connectivity index (χ4n) is 7.89. The van der Waals surface area contributed by atoms with Gasteiger partial charge in [-0.25, -0.2) is 4.79 Å². The number of esters is 1. The van der Waals surface area contributed by atoms with E-state index in [0.717, 1.165) is 26.2 Å². The number of aliphatic hydroxyl groups is 9. The Hall–Kier alpha value is -3.90. The summed E-state index contributed by atoms with van der Waals surface area (Å²) in [6, 6.07) is 0.512. The van der Waals surface area contributed by atoms with Gasteiger partial charge in [0.2, 0.25) is 5.91 Å². The van der Waals surface area contributed by atoms with Gasteiger partial charge in [0.1, 0.15) is 67.1 Å². The number of aliphatic hydroxyl groups excluding tert-OH is 9. The normalized spacial score (nSPS) is 33.3. The van der Waals surface area contributed by atoms with Crippen molar-refractivity contribution in [1.29, 1.82) is 0 Å². The van der Waals surface area contributed by atoms with Crippen molar-refractivity contribution < 1.29 is 113 Å². The summed E-state index contributed by atoms with van der Waals surface area (Å²) < 4.78 is 45.0. The average molecular weight is 953 g/mol. The van der Waals surface area contributed by atoms with Gasteiger partial charge in [0, 0.05) is 31.9 Å². The number of nitrogens with one attached hydrogen (secondary N) is 2. The van der Waals surface area contributed by atoms with Crippen LogP contribution in [0.25, 0.3) is 0 Å². The molecule has 3 aliphatic rings. The van der Waals surface area contributed by atoms with Crippen molar-refractivity contribution in [3.05, 3.63) is 23.8 Å². The summed E-state index contributed by atoms with van der Waals surface area (Å²) in [6.07, 6.45) is -21.7. The third kappa shape index (κ3) is 13.6. The standard InChI is InChI=1S/C41H64N2O23/c1-19(47)42-28-22(49)15-41(40(57)58,65-35(28)30(52)23(50)16-44)66-36-32(54)26(18-46)63-39(33(36)55)64-34-29(43-37(56)20-11-12-21(48)24(14-20)59-2)38(62-25(17-45)31(34)53)61-13-9-7-5-4-6-8-10-27(51)60-3/h11-12,14,22-23,25-26,28-36,38-39,44-46,48-50,52-55H,4-10,13,15-18H2,1-3H3,(H,42,47)(H,43,56)(H,57,58)/t22?,23?,25?,26?,28-,29?,30?,31+,32-,33?,34?,35?,36?,38-,39?,41+/m1/s1. The van der Waals surface area contributed by atoms with Gasteiger partial charge in [0.25, 0.3) is 11.7 Å². The highest BCUT2D eigenvalue weighted by Gasteiger charge is 2.60. The van der Waals surface area contributed by atoms with Crippen LogP contribution in [0.3, 0.4) is 0 Å². The molecule has 25 nitrogen and oxygen atoms in total. The first kappa shape index (κ1) is 54.7. The van der Waals surface area contributed by atoms with Crippen LogP contribution in [0.4, 0.5) is 0 Å². The number of hydrogen-bond donors (Lipinski definition) is 13. The molecule has 0 aliphatic carbocycles. The van der Waals surface area contributed by atoms with Gasteiger partial charge in [-0.3, -0.25) is 14.4 Å². The number of unbranched alkanes of at least 4 members (excludes halogenated alkanes) is 5. The van der Waals surface area contributed by atoms with Gasteiger partial charge in [0.15, 0.2) is 24.1 Å². The number of phenolic OH excluding ortho intramolecular Hbond substituents is 1. The largest absolute Gasteiger partial charge is 0.504 e. The van der Waals surface area contributed by atoms with Crippen LogP contribution in [0.5, 0.6) is 11.5 Å². The maximum absolute atomic E-state index is 13.8. The number of rotatable bonds is 24. The molecule has 0 aromatic heterocycles. The lowest BCUT2D eigenvalue weighted by Gasteiger charge is -2.51. The minimum absolute atomic E-state index is 0.0153. The van der Waals surface area contributed by atoms with Crippen molar-refractivity contribution in [3.63, 3.8) is 0 Å². The Kier molecular flexibility index (Phi) is 21.1. The fraction of sp³-hybridized carbons (Fsp3) is 0.756. The highest BCUT2D eigenvalue weighted by Crippen LogP contribution is 2.38. The molecule has 0 saturated carbocycles. The summed E-state index contributed by atoms with van der Waals surface area (Å²) in [5, 5.41) is 123. The fourth-order valence-corrected chi connectivity index (χ4v) is 7.89. The van der Waals surface area contributed by atoms with E-state index in [2.05, 4.69) is 15.4 Å². The molecule has 0 radical (unpaired) electrons. The van der Waals surface area contributed by atoms with E-state index in [9.17, 15) is 75.3 Å². The number of aromatic hydroxyl groups is 1. The molecule has 3 aliphatic heterocycles. The third-order valence-electron chi connectivity index (χ3n) is 11.5. The lowest BCUT2D eigenvalue weighted by Crippen LogP contribution is -2.71. The lowest BCUT2D eigenvalue weighted by atomic mass is 9.88. The first-order valence-corrected chi connectivity index (χ1v) is 21.5. The van der Waals surface area contributed by atoms with Crippen LogP contribution < -0.4 is 15.4 Å². The molecule has 1 aromatic rings. The number of carboxylic acids is 1. The first-order valence-electron chi connectivity index (χ1n) is 21.5. The second-order valence-electron chi connectivity index (χ2n) is 16.2. The van der Waals surface area contributed by atoms with Crippen molar-refractivity contribution in [1.82, 2.24) is 10.6 Å². The predicted octanol–water partition coefficient (Wildman–Crippen LogP) is -4.14. The maximum atomic E-state index is 13.8. The summed E-state index contributed by atoms with van der Waals surface area (Å²) in [4.78, 5) is 50.2. The summed E-state index contributed by atoms with van der Waals surface area (Å²) >= 11 is 0. The summed E-state index contributed by atoms with van der Waals surface area (Å²) in [7, 11) is 2.57. The Balaban J connectivity index is 1.64. The zero-order valence-electron chi connectivity index (χ0n) is 36.7. The number of carbonyl (C=O) groups excluding carboxylic acids is 3. The lowest BCUT2D eigenvalue weighted by molar-refractivity contribution is -0.381. The zero-order chi connectivity index (χ0) is 48.9. The van der Waals surface area contributed by atoms with E-state index in [1.165, 1.54) is 32.4 Å². The molecule has 3 saturated heterocycles. The molecular formula is C41H64N2O23. The molecule has 13 N–H and O–H groups in total. The van der Waals surface area contributed by atoms with Crippen LogP contribution in [-0.2, 0) is 47.5 Å². The molecular weight excluding hydrogens is 888 g/mol. The van der Waals surface area contributed by atoms with Crippen LogP contribution in [0.15, 0.2) is 18.2 Å². The van der Waals surface area contributed by atoms with Crippen LogP contribution in [-0.4, -0.2) is 218 Å². The van der Waals surface area contributed by atoms with Gasteiger partial charge >= 0.3 is 11.9 Å². The molecule has 0 spiro atoms. The molecule has 66 heavy (non-hydrogen) atoms. The van der Waals surface area contributed by atoms with Gasteiger partial charge < -0.3 is 105 Å². The van der Waals surface area contributed by atoms with E-state index in [-0.39, 0.29) is 29.6 Å². The number of phenols is 1. The minimum Gasteiger partial charge on any atom is -0.504 e. The van der Waals surface area contributed by atoms with Gasteiger partial charge in [0.05, 0.1) is 46.2 Å². The quantitative estimate of drug-likeness (QED) is 0.0346. The highest BCUT2D eigenvalue weighted by molar-refractivity contribution is 5.95. The summed E-state index contributed by atoms with van der Waals surface area (Å²) in [5.74, 6) is -7.38. The number of ether oxygens (including phenoxy) is 8. The minimum atomic E-state index is -3.10. The van der Waals surface area contributed by atoms with E-state index < -0.39 is 142 Å². The molecule has 376 valence electrons. The molecule has 3 fully saturated rings. The molecule has 25 heteroatoms. The van der Waals surface area contributed by atoms with E-state index in [0.29, 0.717) is 25.7 Å².